The van der Waals surface area contributed by atoms with Gasteiger partial charge in [-0.1, -0.05) is 23.6 Å². The highest BCUT2D eigenvalue weighted by Crippen LogP contribution is 2.39. The molecule has 1 aromatic carbocycles. The summed E-state index contributed by atoms with van der Waals surface area (Å²) < 4.78 is 5.05. The lowest BCUT2D eigenvalue weighted by Gasteiger charge is -2.33. The van der Waals surface area contributed by atoms with Gasteiger partial charge in [0, 0.05) is 35.2 Å². The number of aromatic nitrogens is 3. The van der Waals surface area contributed by atoms with Gasteiger partial charge in [0.15, 0.2) is 5.75 Å². The van der Waals surface area contributed by atoms with Crippen molar-refractivity contribution in [1.29, 1.82) is 0 Å². The van der Waals surface area contributed by atoms with Gasteiger partial charge in [0.1, 0.15) is 0 Å². The summed E-state index contributed by atoms with van der Waals surface area (Å²) in [7, 11) is 1.53. The highest BCUT2D eigenvalue weighted by molar-refractivity contribution is 6.36. The van der Waals surface area contributed by atoms with Crippen molar-refractivity contribution in [3.63, 3.8) is 0 Å². The van der Waals surface area contributed by atoms with E-state index in [1.54, 1.807) is 4.90 Å². The number of benzene rings is 1. The Balaban J connectivity index is 1.73. The van der Waals surface area contributed by atoms with E-state index in [1.165, 1.54) is 19.5 Å². The molecule has 0 radical (unpaired) electrons. The van der Waals surface area contributed by atoms with Gasteiger partial charge in [-0.05, 0) is 13.0 Å². The number of fused-ring (bicyclic) bond motifs is 3. The third-order valence-electron chi connectivity index (χ3n) is 4.99. The van der Waals surface area contributed by atoms with Crippen LogP contribution in [0, 0.1) is 12.3 Å². The number of hydrogen-bond donors (Lipinski definition) is 1. The number of aromatic amines is 1. The zero-order valence-corrected chi connectivity index (χ0v) is 15.7. The molecule has 0 spiro atoms. The first-order valence-electron chi connectivity index (χ1n) is 8.51. The molecule has 27 heavy (non-hydrogen) atoms. The summed E-state index contributed by atoms with van der Waals surface area (Å²) in [6.45, 7) is 2.56. The number of carbonyl (C=O) groups is 1. The molecule has 0 saturated heterocycles. The number of nitrogens with one attached hydrogen (secondary N) is 1. The predicted octanol–water partition coefficient (Wildman–Crippen LogP) is 3.36. The molecule has 0 aliphatic carbocycles. The van der Waals surface area contributed by atoms with Crippen LogP contribution in [0.1, 0.15) is 40.4 Å². The van der Waals surface area contributed by atoms with E-state index >= 15 is 0 Å². The summed E-state index contributed by atoms with van der Waals surface area (Å²) in [6.07, 6.45) is 9.19. The molecule has 3 heterocycles. The number of carbonyl (C=O) groups excluding carboxylic acids is 1. The molecule has 4 rings (SSSR count). The van der Waals surface area contributed by atoms with Gasteiger partial charge >= 0.3 is 0 Å². The first-order valence-corrected chi connectivity index (χ1v) is 8.89. The number of amides is 1. The van der Waals surface area contributed by atoms with Gasteiger partial charge < -0.3 is 14.6 Å². The Morgan fingerprint density at radius 2 is 2.15 bits per heavy atom. The average Bonchev–Trinajstić information content (AvgIpc) is 3.08. The summed E-state index contributed by atoms with van der Waals surface area (Å²) in [5.41, 5.74) is 3.60. The van der Waals surface area contributed by atoms with Gasteiger partial charge in [-0.3, -0.25) is 4.79 Å². The monoisotopic (exact) mass is 380 g/mol. The molecule has 2 aromatic heterocycles. The van der Waals surface area contributed by atoms with Gasteiger partial charge in [-0.15, -0.1) is 6.42 Å². The lowest BCUT2D eigenvalue weighted by atomic mass is 9.96. The van der Waals surface area contributed by atoms with Crippen LogP contribution in [-0.4, -0.2) is 39.4 Å². The maximum Gasteiger partial charge on any atom is 0.292 e. The van der Waals surface area contributed by atoms with E-state index in [4.69, 9.17) is 22.8 Å². The van der Waals surface area contributed by atoms with Crippen LogP contribution in [0.25, 0.3) is 10.9 Å². The largest absolute Gasteiger partial charge is 0.494 e. The quantitative estimate of drug-likeness (QED) is 0.692. The van der Waals surface area contributed by atoms with Crippen molar-refractivity contribution in [2.75, 3.05) is 13.7 Å². The minimum atomic E-state index is -0.212. The zero-order chi connectivity index (χ0) is 19.1. The molecule has 0 saturated carbocycles. The molecule has 1 atom stereocenters. The second-order valence-electron chi connectivity index (χ2n) is 6.38. The van der Waals surface area contributed by atoms with Gasteiger partial charge in [0.2, 0.25) is 5.82 Å². The van der Waals surface area contributed by atoms with Crippen LogP contribution >= 0.6 is 11.6 Å². The van der Waals surface area contributed by atoms with Crippen LogP contribution in [0.5, 0.6) is 5.75 Å². The molecule has 1 amide bonds. The Morgan fingerprint density at radius 1 is 1.41 bits per heavy atom. The Hall–Kier alpha value is -3.04. The van der Waals surface area contributed by atoms with Crippen molar-refractivity contribution in [2.45, 2.75) is 19.4 Å². The summed E-state index contributed by atoms with van der Waals surface area (Å²) >= 11 is 6.45. The van der Waals surface area contributed by atoms with Gasteiger partial charge in [-0.2, -0.15) is 0 Å². The normalized spacial score (nSPS) is 16.1. The van der Waals surface area contributed by atoms with Gasteiger partial charge in [0.05, 0.1) is 36.1 Å². The van der Waals surface area contributed by atoms with Crippen molar-refractivity contribution < 1.29 is 9.53 Å². The fourth-order valence-corrected chi connectivity index (χ4v) is 3.88. The first kappa shape index (κ1) is 17.4. The Morgan fingerprint density at radius 3 is 2.81 bits per heavy atom. The molecular formula is C20H17ClN4O2. The van der Waals surface area contributed by atoms with Gasteiger partial charge in [-0.25, -0.2) is 9.97 Å². The molecule has 0 bridgehead atoms. The highest BCUT2D eigenvalue weighted by atomic mass is 35.5. The van der Waals surface area contributed by atoms with Crippen molar-refractivity contribution in [1.82, 2.24) is 19.9 Å². The zero-order valence-electron chi connectivity index (χ0n) is 14.9. The van der Waals surface area contributed by atoms with Gasteiger partial charge in [0.25, 0.3) is 5.91 Å². The van der Waals surface area contributed by atoms with E-state index in [0.29, 0.717) is 29.3 Å². The Labute approximate surface area is 161 Å². The van der Waals surface area contributed by atoms with E-state index in [1.807, 2.05) is 19.1 Å². The van der Waals surface area contributed by atoms with Crippen LogP contribution in [-0.2, 0) is 6.42 Å². The molecule has 1 unspecified atom stereocenters. The SMILES string of the molecule is C#Cc1ccc2c3c([nH]c2c1Cl)CCN(C(=O)c1ncc(OC)cn1)C3C. The van der Waals surface area contributed by atoms with E-state index in [2.05, 4.69) is 20.9 Å². The summed E-state index contributed by atoms with van der Waals surface area (Å²) in [6, 6.07) is 3.65. The van der Waals surface area contributed by atoms with Crippen molar-refractivity contribution in [3.8, 4) is 18.1 Å². The number of methoxy groups -OCH3 is 1. The number of H-pyrrole nitrogens is 1. The van der Waals surface area contributed by atoms with Crippen molar-refractivity contribution in [3.05, 3.63) is 52.2 Å². The second-order valence-corrected chi connectivity index (χ2v) is 6.76. The minimum absolute atomic E-state index is 0.145. The molecule has 3 aromatic rings. The van der Waals surface area contributed by atoms with E-state index in [0.717, 1.165) is 22.2 Å². The number of terminal acetylenes is 1. The number of nitrogens with zero attached hydrogens (tertiary/aromatic N) is 3. The highest BCUT2D eigenvalue weighted by Gasteiger charge is 2.32. The Bertz CT molecular complexity index is 1080. The third-order valence-corrected chi connectivity index (χ3v) is 5.39. The summed E-state index contributed by atoms with van der Waals surface area (Å²) in [5.74, 6) is 3.04. The number of rotatable bonds is 2. The molecular weight excluding hydrogens is 364 g/mol. The predicted molar refractivity (Wildman–Crippen MR) is 103 cm³/mol. The van der Waals surface area contributed by atoms with Crippen LogP contribution in [0.4, 0.5) is 0 Å². The van der Waals surface area contributed by atoms with Crippen molar-refractivity contribution >= 4 is 28.4 Å². The number of hydrogen-bond acceptors (Lipinski definition) is 4. The summed E-state index contributed by atoms with van der Waals surface area (Å²) in [4.78, 5) is 26.4. The maximum atomic E-state index is 12.9. The smallest absolute Gasteiger partial charge is 0.292 e. The second kappa shape index (κ2) is 6.60. The number of ether oxygens (including phenoxy) is 1. The fraction of sp³-hybridized carbons (Fsp3) is 0.250. The average molecular weight is 381 g/mol. The fourth-order valence-electron chi connectivity index (χ4n) is 3.61. The van der Waals surface area contributed by atoms with Crippen LogP contribution in [0.2, 0.25) is 5.02 Å². The van der Waals surface area contributed by atoms with E-state index < -0.39 is 0 Å². The topological polar surface area (TPSA) is 71.1 Å². The molecule has 1 N–H and O–H groups in total. The number of halogens is 1. The van der Waals surface area contributed by atoms with E-state index in [9.17, 15) is 4.79 Å². The Kier molecular flexibility index (Phi) is 4.25. The van der Waals surface area contributed by atoms with Crippen LogP contribution in [0.3, 0.4) is 0 Å². The van der Waals surface area contributed by atoms with Crippen LogP contribution < -0.4 is 4.74 Å². The first-order chi connectivity index (χ1) is 13.0. The summed E-state index contributed by atoms with van der Waals surface area (Å²) in [5, 5.41) is 1.52. The molecule has 6 nitrogen and oxygen atoms in total. The third kappa shape index (κ3) is 2.71. The molecule has 1 aliphatic rings. The molecule has 0 fully saturated rings. The van der Waals surface area contributed by atoms with E-state index in [-0.39, 0.29) is 17.8 Å². The van der Waals surface area contributed by atoms with Crippen molar-refractivity contribution in [2.24, 2.45) is 0 Å². The van der Waals surface area contributed by atoms with Crippen LogP contribution in [0.15, 0.2) is 24.5 Å². The molecule has 7 heteroatoms. The molecule has 136 valence electrons. The lowest BCUT2D eigenvalue weighted by Crippen LogP contribution is -2.39. The maximum absolute atomic E-state index is 12.9. The minimum Gasteiger partial charge on any atom is -0.494 e. The lowest BCUT2D eigenvalue weighted by molar-refractivity contribution is 0.0665. The molecule has 1 aliphatic heterocycles. The standard InChI is InChI=1S/C20H17ClN4O2/c1-4-12-5-6-14-16-11(2)25(8-7-15(16)24-18(14)17(12)21)20(26)19-22-9-13(27-3)10-23-19/h1,5-6,9-11,24H,7-8H2,2-3H3.